The van der Waals surface area contributed by atoms with Crippen LogP contribution in [0.15, 0.2) is 63.5 Å². The first-order valence-corrected chi connectivity index (χ1v) is 8.27. The quantitative estimate of drug-likeness (QED) is 0.393. The molecule has 2 heterocycles. The molecular formula is C20H15N3O4. The zero-order valence-corrected chi connectivity index (χ0v) is 14.5. The number of carbonyl (C=O) groups is 1. The van der Waals surface area contributed by atoms with Crippen molar-refractivity contribution in [1.82, 2.24) is 15.1 Å². The summed E-state index contributed by atoms with van der Waals surface area (Å²) in [6.45, 7) is 1.88. The Kier molecular flexibility index (Phi) is 4.49. The van der Waals surface area contributed by atoms with Gasteiger partial charge in [-0.15, -0.1) is 0 Å². The number of rotatable bonds is 5. The van der Waals surface area contributed by atoms with Crippen LogP contribution in [0, 0.1) is 6.92 Å². The molecular weight excluding hydrogens is 346 g/mol. The smallest absolute Gasteiger partial charge is 0.331 e. The number of aryl methyl sites for hydroxylation is 1. The zero-order valence-electron chi connectivity index (χ0n) is 14.5. The highest BCUT2D eigenvalue weighted by molar-refractivity contribution is 5.86. The number of aromatic nitrogens is 3. The first-order chi connectivity index (χ1) is 13.2. The summed E-state index contributed by atoms with van der Waals surface area (Å²) in [4.78, 5) is 20.3. The predicted molar refractivity (Wildman–Crippen MR) is 97.3 cm³/mol. The third-order valence-electron chi connectivity index (χ3n) is 3.79. The maximum atomic E-state index is 11.9. The van der Waals surface area contributed by atoms with Crippen LogP contribution in [0.25, 0.3) is 28.6 Å². The summed E-state index contributed by atoms with van der Waals surface area (Å²) in [5, 5.41) is 3.89. The van der Waals surface area contributed by atoms with Crippen molar-refractivity contribution in [2.24, 2.45) is 0 Å². The molecule has 0 fully saturated rings. The Hall–Kier alpha value is -3.74. The molecule has 0 atom stereocenters. The lowest BCUT2D eigenvalue weighted by molar-refractivity contribution is -0.139. The molecule has 0 aliphatic carbocycles. The van der Waals surface area contributed by atoms with Crippen molar-refractivity contribution < 1.29 is 18.5 Å². The molecule has 2 aromatic carbocycles. The van der Waals surface area contributed by atoms with Gasteiger partial charge in [0.2, 0.25) is 11.7 Å². The molecule has 0 radical (unpaired) electrons. The Morgan fingerprint density at radius 1 is 1.11 bits per heavy atom. The molecule has 0 aliphatic rings. The molecule has 0 saturated carbocycles. The minimum atomic E-state index is -0.563. The van der Waals surface area contributed by atoms with Crippen molar-refractivity contribution in [3.63, 3.8) is 0 Å². The minimum Gasteiger partial charge on any atom is -0.452 e. The number of esters is 1. The summed E-state index contributed by atoms with van der Waals surface area (Å²) < 4.78 is 15.7. The van der Waals surface area contributed by atoms with E-state index in [0.717, 1.165) is 16.6 Å². The van der Waals surface area contributed by atoms with E-state index in [9.17, 15) is 4.79 Å². The molecule has 2 aromatic heterocycles. The summed E-state index contributed by atoms with van der Waals surface area (Å²) in [5.41, 5.74) is 3.35. The number of hydrogen-bond donors (Lipinski definition) is 0. The first-order valence-electron chi connectivity index (χ1n) is 8.27. The molecule has 134 valence electrons. The van der Waals surface area contributed by atoms with Crippen LogP contribution in [0.3, 0.4) is 0 Å². The summed E-state index contributed by atoms with van der Waals surface area (Å²) in [6.07, 6.45) is 2.69. The van der Waals surface area contributed by atoms with Crippen molar-refractivity contribution in [3.05, 3.63) is 72.0 Å². The van der Waals surface area contributed by atoms with Gasteiger partial charge in [-0.25, -0.2) is 9.78 Å². The molecule has 4 rings (SSSR count). The molecule has 0 spiro atoms. The molecule has 7 nitrogen and oxygen atoms in total. The number of carbonyl (C=O) groups excluding carboxylic acids is 1. The highest BCUT2D eigenvalue weighted by atomic mass is 16.6. The monoisotopic (exact) mass is 361 g/mol. The average molecular weight is 361 g/mol. The van der Waals surface area contributed by atoms with E-state index in [2.05, 4.69) is 15.1 Å². The van der Waals surface area contributed by atoms with Crippen LogP contribution < -0.4 is 0 Å². The van der Waals surface area contributed by atoms with Gasteiger partial charge in [-0.2, -0.15) is 4.98 Å². The average Bonchev–Trinajstić information content (AvgIpc) is 3.32. The third-order valence-corrected chi connectivity index (χ3v) is 3.79. The highest BCUT2D eigenvalue weighted by Crippen LogP contribution is 2.17. The minimum absolute atomic E-state index is 0.115. The number of oxazole rings is 1. The van der Waals surface area contributed by atoms with Gasteiger partial charge in [-0.05, 0) is 19.1 Å². The molecule has 0 amide bonds. The van der Waals surface area contributed by atoms with E-state index < -0.39 is 5.97 Å². The summed E-state index contributed by atoms with van der Waals surface area (Å²) in [6, 6.07) is 15.1. The number of para-hydroxylation sites is 2. The summed E-state index contributed by atoms with van der Waals surface area (Å²) >= 11 is 0. The van der Waals surface area contributed by atoms with E-state index >= 15 is 0 Å². The zero-order chi connectivity index (χ0) is 18.6. The van der Waals surface area contributed by atoms with Gasteiger partial charge in [0.25, 0.3) is 5.89 Å². The Morgan fingerprint density at radius 3 is 2.74 bits per heavy atom. The van der Waals surface area contributed by atoms with Gasteiger partial charge in [-0.1, -0.05) is 47.1 Å². The van der Waals surface area contributed by atoms with Gasteiger partial charge in [-0.3, -0.25) is 0 Å². The molecule has 0 unspecified atom stereocenters. The van der Waals surface area contributed by atoms with Gasteiger partial charge < -0.3 is 13.7 Å². The molecule has 0 bridgehead atoms. The normalized spacial score (nSPS) is 11.3. The Labute approximate surface area is 154 Å². The maximum Gasteiger partial charge on any atom is 0.331 e. The SMILES string of the molecule is Cc1ccc(-c2noc(COC(=O)/C=C/c3nc4ccccc4o3)n2)cc1. The van der Waals surface area contributed by atoms with Gasteiger partial charge in [0.1, 0.15) is 5.52 Å². The van der Waals surface area contributed by atoms with E-state index in [1.165, 1.54) is 12.2 Å². The highest BCUT2D eigenvalue weighted by Gasteiger charge is 2.10. The van der Waals surface area contributed by atoms with Crippen molar-refractivity contribution in [2.45, 2.75) is 13.5 Å². The fourth-order valence-corrected chi connectivity index (χ4v) is 2.42. The van der Waals surface area contributed by atoms with Crippen molar-refractivity contribution in [1.29, 1.82) is 0 Å². The Bertz CT molecular complexity index is 1080. The summed E-state index contributed by atoms with van der Waals surface area (Å²) in [7, 11) is 0. The number of nitrogens with zero attached hydrogens (tertiary/aromatic N) is 3. The van der Waals surface area contributed by atoms with E-state index in [4.69, 9.17) is 13.7 Å². The number of hydrogen-bond acceptors (Lipinski definition) is 7. The Morgan fingerprint density at radius 2 is 1.93 bits per heavy atom. The molecule has 4 aromatic rings. The van der Waals surface area contributed by atoms with Crippen molar-refractivity contribution >= 4 is 23.1 Å². The van der Waals surface area contributed by atoms with Gasteiger partial charge in [0, 0.05) is 17.7 Å². The van der Waals surface area contributed by atoms with E-state index in [1.807, 2.05) is 49.4 Å². The van der Waals surface area contributed by atoms with Crippen LogP contribution in [0.4, 0.5) is 0 Å². The second kappa shape index (κ2) is 7.25. The predicted octanol–water partition coefficient (Wildman–Crippen LogP) is 3.94. The molecule has 0 N–H and O–H groups in total. The molecule has 0 saturated heterocycles. The van der Waals surface area contributed by atoms with Gasteiger partial charge in [0.05, 0.1) is 0 Å². The van der Waals surface area contributed by atoms with Crippen molar-refractivity contribution in [2.75, 3.05) is 0 Å². The molecule has 27 heavy (non-hydrogen) atoms. The molecule has 7 heteroatoms. The van der Waals surface area contributed by atoms with Crippen LogP contribution in [-0.4, -0.2) is 21.1 Å². The van der Waals surface area contributed by atoms with Gasteiger partial charge in [0.15, 0.2) is 12.2 Å². The summed E-state index contributed by atoms with van der Waals surface area (Å²) in [5.74, 6) is 0.428. The van der Waals surface area contributed by atoms with E-state index in [-0.39, 0.29) is 12.5 Å². The largest absolute Gasteiger partial charge is 0.452 e. The van der Waals surface area contributed by atoms with E-state index in [0.29, 0.717) is 17.3 Å². The van der Waals surface area contributed by atoms with Crippen molar-refractivity contribution in [3.8, 4) is 11.4 Å². The van der Waals surface area contributed by atoms with Gasteiger partial charge >= 0.3 is 5.97 Å². The lowest BCUT2D eigenvalue weighted by Gasteiger charge is -1.96. The standard InChI is InChI=1S/C20H15N3O4/c1-13-6-8-14(9-7-13)20-22-18(27-23-20)12-25-19(24)11-10-17-21-15-4-2-3-5-16(15)26-17/h2-11H,12H2,1H3/b11-10+. The lowest BCUT2D eigenvalue weighted by Crippen LogP contribution is -2.01. The van der Waals surface area contributed by atoms with Crippen LogP contribution in [0.1, 0.15) is 17.3 Å². The fourth-order valence-electron chi connectivity index (χ4n) is 2.42. The van der Waals surface area contributed by atoms with Crippen LogP contribution in [0.5, 0.6) is 0 Å². The third kappa shape index (κ3) is 3.92. The second-order valence-electron chi connectivity index (χ2n) is 5.84. The lowest BCUT2D eigenvalue weighted by atomic mass is 10.1. The van der Waals surface area contributed by atoms with Crippen LogP contribution >= 0.6 is 0 Å². The second-order valence-corrected chi connectivity index (χ2v) is 5.84. The number of benzene rings is 2. The van der Waals surface area contributed by atoms with E-state index in [1.54, 1.807) is 6.07 Å². The maximum absolute atomic E-state index is 11.9. The Balaban J connectivity index is 1.35. The topological polar surface area (TPSA) is 91.2 Å². The van der Waals surface area contributed by atoms with Crippen LogP contribution in [-0.2, 0) is 16.1 Å². The van der Waals surface area contributed by atoms with Crippen LogP contribution in [0.2, 0.25) is 0 Å². The number of fused-ring (bicyclic) bond motifs is 1. The molecule has 0 aliphatic heterocycles. The first kappa shape index (κ1) is 16.7. The number of ether oxygens (including phenoxy) is 1. The fraction of sp³-hybridized carbons (Fsp3) is 0.100.